The van der Waals surface area contributed by atoms with Gasteiger partial charge in [-0.25, -0.2) is 0 Å². The highest BCUT2D eigenvalue weighted by Gasteiger charge is 2.18. The SMILES string of the molecule is CCCC(N)c1c(OCC)cc(C)c(Cl)c1C. The van der Waals surface area contributed by atoms with Gasteiger partial charge in [-0.1, -0.05) is 24.9 Å². The second-order valence-corrected chi connectivity index (χ2v) is 4.75. The van der Waals surface area contributed by atoms with E-state index in [-0.39, 0.29) is 6.04 Å². The zero-order valence-corrected chi connectivity index (χ0v) is 11.9. The van der Waals surface area contributed by atoms with E-state index in [0.717, 1.165) is 40.3 Å². The third-order valence-corrected chi connectivity index (χ3v) is 3.54. The maximum atomic E-state index is 6.29. The van der Waals surface area contributed by atoms with Crippen LogP contribution in [0.25, 0.3) is 0 Å². The molecule has 17 heavy (non-hydrogen) atoms. The number of nitrogens with two attached hydrogens (primary N) is 1. The smallest absolute Gasteiger partial charge is 0.124 e. The molecule has 2 nitrogen and oxygen atoms in total. The lowest BCUT2D eigenvalue weighted by Gasteiger charge is -2.20. The quantitative estimate of drug-likeness (QED) is 0.858. The summed E-state index contributed by atoms with van der Waals surface area (Å²) >= 11 is 6.29. The monoisotopic (exact) mass is 255 g/mol. The van der Waals surface area contributed by atoms with Crippen molar-refractivity contribution in [2.75, 3.05) is 6.61 Å². The first-order valence-corrected chi connectivity index (χ1v) is 6.58. The summed E-state index contributed by atoms with van der Waals surface area (Å²) in [4.78, 5) is 0. The molecule has 1 rings (SSSR count). The van der Waals surface area contributed by atoms with Crippen molar-refractivity contribution < 1.29 is 4.74 Å². The Morgan fingerprint density at radius 3 is 2.53 bits per heavy atom. The van der Waals surface area contributed by atoms with E-state index in [9.17, 15) is 0 Å². The van der Waals surface area contributed by atoms with Gasteiger partial charge in [-0.3, -0.25) is 0 Å². The molecule has 0 saturated heterocycles. The average Bonchev–Trinajstić information content (AvgIpc) is 2.27. The molecule has 0 heterocycles. The number of rotatable bonds is 5. The van der Waals surface area contributed by atoms with Crippen LogP contribution in [0.2, 0.25) is 5.02 Å². The Hall–Kier alpha value is -0.730. The number of ether oxygens (including phenoxy) is 1. The van der Waals surface area contributed by atoms with Crippen LogP contribution < -0.4 is 10.5 Å². The first kappa shape index (κ1) is 14.3. The number of benzene rings is 1. The fourth-order valence-electron chi connectivity index (χ4n) is 2.13. The predicted octanol–water partition coefficient (Wildman–Crippen LogP) is 4.16. The van der Waals surface area contributed by atoms with Crippen LogP contribution in [0.3, 0.4) is 0 Å². The Labute approximate surface area is 109 Å². The fraction of sp³-hybridized carbons (Fsp3) is 0.571. The molecule has 1 aromatic carbocycles. The molecule has 0 aliphatic rings. The summed E-state index contributed by atoms with van der Waals surface area (Å²) in [5.41, 5.74) is 9.37. The second-order valence-electron chi connectivity index (χ2n) is 4.37. The summed E-state index contributed by atoms with van der Waals surface area (Å²) in [5, 5.41) is 0.801. The van der Waals surface area contributed by atoms with Gasteiger partial charge in [0.15, 0.2) is 0 Å². The van der Waals surface area contributed by atoms with Gasteiger partial charge in [0.25, 0.3) is 0 Å². The summed E-state index contributed by atoms with van der Waals surface area (Å²) in [7, 11) is 0. The van der Waals surface area contributed by atoms with E-state index in [1.54, 1.807) is 0 Å². The number of aryl methyl sites for hydroxylation is 1. The molecule has 2 N–H and O–H groups in total. The van der Waals surface area contributed by atoms with Crippen LogP contribution in [0.15, 0.2) is 6.07 Å². The standard InChI is InChI=1S/C14H22ClNO/c1-5-7-11(16)13-10(4)14(15)9(3)8-12(13)17-6-2/h8,11H,5-7,16H2,1-4H3. The normalized spacial score (nSPS) is 12.6. The van der Waals surface area contributed by atoms with Gasteiger partial charge in [-0.15, -0.1) is 0 Å². The third kappa shape index (κ3) is 3.14. The van der Waals surface area contributed by atoms with Gasteiger partial charge in [-0.2, -0.15) is 0 Å². The molecule has 0 fully saturated rings. The number of hydrogen-bond donors (Lipinski definition) is 1. The molecule has 0 aromatic heterocycles. The van der Waals surface area contributed by atoms with Crippen molar-refractivity contribution in [3.05, 3.63) is 27.8 Å². The lowest BCUT2D eigenvalue weighted by atomic mass is 9.95. The largest absolute Gasteiger partial charge is 0.494 e. The number of halogens is 1. The van der Waals surface area contributed by atoms with Crippen LogP contribution in [-0.2, 0) is 0 Å². The Morgan fingerprint density at radius 1 is 1.35 bits per heavy atom. The molecule has 0 radical (unpaired) electrons. The fourth-order valence-corrected chi connectivity index (χ4v) is 2.28. The van der Waals surface area contributed by atoms with Crippen molar-refractivity contribution in [2.45, 2.75) is 46.6 Å². The maximum Gasteiger partial charge on any atom is 0.124 e. The van der Waals surface area contributed by atoms with Gasteiger partial charge in [0, 0.05) is 16.6 Å². The van der Waals surface area contributed by atoms with Crippen LogP contribution in [0.1, 0.15) is 49.4 Å². The molecule has 0 bridgehead atoms. The Bertz CT molecular complexity index is 390. The molecule has 1 atom stereocenters. The topological polar surface area (TPSA) is 35.2 Å². The van der Waals surface area contributed by atoms with E-state index in [0.29, 0.717) is 6.61 Å². The van der Waals surface area contributed by atoms with Gasteiger partial charge in [0.1, 0.15) is 5.75 Å². The van der Waals surface area contributed by atoms with Gasteiger partial charge < -0.3 is 10.5 Å². The van der Waals surface area contributed by atoms with Crippen molar-refractivity contribution in [3.8, 4) is 5.75 Å². The van der Waals surface area contributed by atoms with E-state index in [2.05, 4.69) is 6.92 Å². The summed E-state index contributed by atoms with van der Waals surface area (Å²) in [6.07, 6.45) is 2.00. The lowest BCUT2D eigenvalue weighted by molar-refractivity contribution is 0.332. The zero-order chi connectivity index (χ0) is 13.0. The molecule has 96 valence electrons. The van der Waals surface area contributed by atoms with E-state index in [4.69, 9.17) is 22.1 Å². The van der Waals surface area contributed by atoms with Gasteiger partial charge in [0.2, 0.25) is 0 Å². The first-order chi connectivity index (χ1) is 8.02. The van der Waals surface area contributed by atoms with Crippen molar-refractivity contribution in [1.29, 1.82) is 0 Å². The minimum atomic E-state index is -0.000324. The summed E-state index contributed by atoms with van der Waals surface area (Å²) in [5.74, 6) is 0.882. The van der Waals surface area contributed by atoms with Crippen LogP contribution in [-0.4, -0.2) is 6.61 Å². The van der Waals surface area contributed by atoms with E-state index in [1.807, 2.05) is 26.8 Å². The average molecular weight is 256 g/mol. The summed E-state index contributed by atoms with van der Waals surface area (Å²) in [6.45, 7) is 8.77. The molecule has 0 saturated carbocycles. The van der Waals surface area contributed by atoms with Crippen LogP contribution in [0.5, 0.6) is 5.75 Å². The Kier molecular flexibility index (Phi) is 5.29. The van der Waals surface area contributed by atoms with Gasteiger partial charge in [0.05, 0.1) is 6.61 Å². The molecule has 0 spiro atoms. The maximum absolute atomic E-state index is 6.29. The predicted molar refractivity (Wildman–Crippen MR) is 73.9 cm³/mol. The zero-order valence-electron chi connectivity index (χ0n) is 11.1. The molecule has 0 amide bonds. The molecule has 0 aliphatic carbocycles. The Balaban J connectivity index is 3.27. The van der Waals surface area contributed by atoms with Crippen molar-refractivity contribution in [1.82, 2.24) is 0 Å². The molecule has 1 aromatic rings. The highest BCUT2D eigenvalue weighted by molar-refractivity contribution is 6.32. The van der Waals surface area contributed by atoms with Gasteiger partial charge >= 0.3 is 0 Å². The highest BCUT2D eigenvalue weighted by atomic mass is 35.5. The van der Waals surface area contributed by atoms with Crippen LogP contribution in [0.4, 0.5) is 0 Å². The van der Waals surface area contributed by atoms with Crippen molar-refractivity contribution in [2.24, 2.45) is 5.73 Å². The highest BCUT2D eigenvalue weighted by Crippen LogP contribution is 2.36. The van der Waals surface area contributed by atoms with Gasteiger partial charge in [-0.05, 0) is 44.4 Å². The van der Waals surface area contributed by atoms with Crippen LogP contribution >= 0.6 is 11.6 Å². The minimum Gasteiger partial charge on any atom is -0.494 e. The lowest BCUT2D eigenvalue weighted by Crippen LogP contribution is -2.14. The molecule has 0 aliphatic heterocycles. The van der Waals surface area contributed by atoms with E-state index < -0.39 is 0 Å². The summed E-state index contributed by atoms with van der Waals surface area (Å²) < 4.78 is 5.68. The molecule has 1 unspecified atom stereocenters. The second kappa shape index (κ2) is 6.27. The number of hydrogen-bond acceptors (Lipinski definition) is 2. The van der Waals surface area contributed by atoms with E-state index >= 15 is 0 Å². The third-order valence-electron chi connectivity index (χ3n) is 2.96. The van der Waals surface area contributed by atoms with Crippen LogP contribution in [0, 0.1) is 13.8 Å². The molecular weight excluding hydrogens is 234 g/mol. The van der Waals surface area contributed by atoms with Crippen molar-refractivity contribution in [3.63, 3.8) is 0 Å². The summed E-state index contributed by atoms with van der Waals surface area (Å²) in [6, 6.07) is 1.99. The first-order valence-electron chi connectivity index (χ1n) is 6.20. The van der Waals surface area contributed by atoms with Crippen molar-refractivity contribution >= 4 is 11.6 Å². The molecule has 3 heteroatoms. The molecular formula is C14H22ClNO. The van der Waals surface area contributed by atoms with E-state index in [1.165, 1.54) is 0 Å². The minimum absolute atomic E-state index is 0.000324. The Morgan fingerprint density at radius 2 is 2.00 bits per heavy atom.